The topological polar surface area (TPSA) is 88.5 Å². The number of fused-ring (bicyclic) bond motifs is 4. The normalized spacial score (nSPS) is 20.5. The number of nitrogens with zero attached hydrogens (tertiary/aromatic N) is 3. The summed E-state index contributed by atoms with van der Waals surface area (Å²) in [6.45, 7) is 3.62. The highest BCUT2D eigenvalue weighted by Gasteiger charge is 2.34. The molecule has 10 heteroatoms. The van der Waals surface area contributed by atoms with Gasteiger partial charge in [-0.25, -0.2) is 8.42 Å². The Balaban J connectivity index is 1.32. The van der Waals surface area contributed by atoms with Crippen LogP contribution in [0, 0.1) is 0 Å². The third-order valence-corrected chi connectivity index (χ3v) is 7.69. The lowest BCUT2D eigenvalue weighted by Gasteiger charge is -2.31. The number of anilines is 1. The van der Waals surface area contributed by atoms with E-state index in [4.69, 9.17) is 9.47 Å². The largest absolute Gasteiger partial charge is 0.486 e. The Morgan fingerprint density at radius 1 is 1.26 bits per heavy atom. The van der Waals surface area contributed by atoms with Crippen molar-refractivity contribution in [2.24, 2.45) is 4.40 Å². The third kappa shape index (κ3) is 3.85. The predicted molar refractivity (Wildman–Crippen MR) is 119 cm³/mol. The summed E-state index contributed by atoms with van der Waals surface area (Å²) in [5.74, 6) is 1.29. The number of likely N-dealkylation sites (N-methyl/N-ethyl adjacent to an activating group) is 1. The maximum atomic E-state index is 13.2. The fraction of sp³-hybridized carbons (Fsp3) is 0.333. The van der Waals surface area contributed by atoms with Gasteiger partial charge in [-0.2, -0.15) is 0 Å². The van der Waals surface area contributed by atoms with Crippen LogP contribution >= 0.6 is 11.8 Å². The molecule has 31 heavy (non-hydrogen) atoms. The van der Waals surface area contributed by atoms with E-state index >= 15 is 0 Å². The first-order chi connectivity index (χ1) is 14.9. The van der Waals surface area contributed by atoms with Crippen LogP contribution in [-0.4, -0.2) is 62.5 Å². The fourth-order valence-electron chi connectivity index (χ4n) is 3.80. The molecule has 0 saturated heterocycles. The molecule has 5 rings (SSSR count). The molecule has 8 nitrogen and oxygen atoms in total. The molecule has 0 radical (unpaired) electrons. The van der Waals surface area contributed by atoms with Gasteiger partial charge in [0.25, 0.3) is 15.9 Å². The Morgan fingerprint density at radius 2 is 2.06 bits per heavy atom. The molecule has 0 saturated carbocycles. The molecule has 3 heterocycles. The molecule has 162 valence electrons. The second kappa shape index (κ2) is 7.76. The van der Waals surface area contributed by atoms with Gasteiger partial charge < -0.3 is 19.3 Å². The summed E-state index contributed by atoms with van der Waals surface area (Å²) < 4.78 is 39.2. The number of thioether (sulfide) groups is 1. The molecule has 2 aromatic carbocycles. The van der Waals surface area contributed by atoms with Gasteiger partial charge in [0.2, 0.25) is 0 Å². The number of amidine groups is 1. The van der Waals surface area contributed by atoms with E-state index in [0.717, 1.165) is 10.6 Å². The number of hydrogen-bond donors (Lipinski definition) is 0. The van der Waals surface area contributed by atoms with Crippen LogP contribution in [0.3, 0.4) is 0 Å². The van der Waals surface area contributed by atoms with Crippen LogP contribution in [0.4, 0.5) is 5.69 Å². The van der Waals surface area contributed by atoms with E-state index in [0.29, 0.717) is 48.5 Å². The summed E-state index contributed by atoms with van der Waals surface area (Å²) in [5, 5.41) is 0.449. The molecule has 1 atom stereocenters. The van der Waals surface area contributed by atoms with Crippen molar-refractivity contribution in [3.63, 3.8) is 0 Å². The molecule has 3 aliphatic rings. The second-order valence-electron chi connectivity index (χ2n) is 7.44. The van der Waals surface area contributed by atoms with Crippen LogP contribution in [-0.2, 0) is 10.0 Å². The van der Waals surface area contributed by atoms with E-state index in [1.807, 2.05) is 48.2 Å². The van der Waals surface area contributed by atoms with Crippen LogP contribution in [0.25, 0.3) is 0 Å². The molecular weight excluding hydrogens is 438 g/mol. The van der Waals surface area contributed by atoms with E-state index < -0.39 is 10.0 Å². The van der Waals surface area contributed by atoms with Crippen LogP contribution in [0.2, 0.25) is 0 Å². The van der Waals surface area contributed by atoms with Crippen molar-refractivity contribution in [1.82, 2.24) is 4.90 Å². The average Bonchev–Trinajstić information content (AvgIpc) is 3.12. The van der Waals surface area contributed by atoms with E-state index in [1.165, 1.54) is 11.8 Å². The number of carbonyl (C=O) groups excluding carboxylic acids is 1. The van der Waals surface area contributed by atoms with Gasteiger partial charge in [-0.1, -0.05) is 12.1 Å². The first-order valence-corrected chi connectivity index (χ1v) is 12.5. The number of benzene rings is 2. The lowest BCUT2D eigenvalue weighted by Crippen LogP contribution is -2.43. The minimum Gasteiger partial charge on any atom is -0.486 e. The number of sulfonamides is 1. The minimum atomic E-state index is -3.41. The SMILES string of the molecule is CCN(CC1COc2ccccc2O1)C(=O)c1ccc2c(c1)SC1=NS(=O)(=O)CCN12. The average molecular weight is 460 g/mol. The highest BCUT2D eigenvalue weighted by molar-refractivity contribution is 8.15. The Morgan fingerprint density at radius 3 is 2.87 bits per heavy atom. The van der Waals surface area contributed by atoms with Crippen molar-refractivity contribution in [3.05, 3.63) is 48.0 Å². The van der Waals surface area contributed by atoms with E-state index in [9.17, 15) is 13.2 Å². The van der Waals surface area contributed by atoms with E-state index in [-0.39, 0.29) is 17.8 Å². The molecule has 0 aliphatic carbocycles. The quantitative estimate of drug-likeness (QED) is 0.694. The number of ether oxygens (including phenoxy) is 2. The van der Waals surface area contributed by atoms with Crippen molar-refractivity contribution in [2.75, 3.05) is 36.9 Å². The number of hydrogen-bond acceptors (Lipinski definition) is 7. The molecule has 0 aromatic heterocycles. The van der Waals surface area contributed by atoms with Gasteiger partial charge in [-0.15, -0.1) is 4.40 Å². The van der Waals surface area contributed by atoms with Gasteiger partial charge >= 0.3 is 0 Å². The summed E-state index contributed by atoms with van der Waals surface area (Å²) in [6, 6.07) is 13.0. The van der Waals surface area contributed by atoms with Gasteiger partial charge in [0.05, 0.1) is 18.0 Å². The van der Waals surface area contributed by atoms with Gasteiger partial charge in [0.15, 0.2) is 22.8 Å². The maximum absolute atomic E-state index is 13.2. The lowest BCUT2D eigenvalue weighted by molar-refractivity contribution is 0.0475. The lowest BCUT2D eigenvalue weighted by atomic mass is 10.1. The van der Waals surface area contributed by atoms with Gasteiger partial charge in [0.1, 0.15) is 6.61 Å². The number of carbonyl (C=O) groups is 1. The summed E-state index contributed by atoms with van der Waals surface area (Å²) in [4.78, 5) is 17.7. The number of amides is 1. The highest BCUT2D eigenvalue weighted by atomic mass is 32.2. The number of rotatable bonds is 4. The molecule has 2 aromatic rings. The molecule has 3 aliphatic heterocycles. The minimum absolute atomic E-state index is 0.00656. The van der Waals surface area contributed by atoms with Crippen LogP contribution in [0.5, 0.6) is 11.5 Å². The van der Waals surface area contributed by atoms with Crippen molar-refractivity contribution >= 4 is 38.5 Å². The predicted octanol–water partition coefficient (Wildman–Crippen LogP) is 2.60. The van der Waals surface area contributed by atoms with Gasteiger partial charge in [0, 0.05) is 23.5 Å². The van der Waals surface area contributed by atoms with Crippen LogP contribution in [0.1, 0.15) is 17.3 Å². The maximum Gasteiger partial charge on any atom is 0.257 e. The highest BCUT2D eigenvalue weighted by Crippen LogP contribution is 2.42. The zero-order chi connectivity index (χ0) is 21.6. The summed E-state index contributed by atoms with van der Waals surface area (Å²) in [6.07, 6.45) is -0.254. The zero-order valence-corrected chi connectivity index (χ0v) is 18.5. The zero-order valence-electron chi connectivity index (χ0n) is 16.9. The van der Waals surface area contributed by atoms with Crippen molar-refractivity contribution in [1.29, 1.82) is 0 Å². The second-order valence-corrected chi connectivity index (χ2v) is 10.2. The summed E-state index contributed by atoms with van der Waals surface area (Å²) in [5.41, 5.74) is 1.44. The Kier molecular flexibility index (Phi) is 5.05. The Hall–Kier alpha value is -2.72. The number of para-hydroxylation sites is 2. The first kappa shape index (κ1) is 20.2. The summed E-state index contributed by atoms with van der Waals surface area (Å²) in [7, 11) is -3.41. The Labute approximate surface area is 184 Å². The Bertz CT molecular complexity index is 1180. The molecule has 1 unspecified atom stereocenters. The van der Waals surface area contributed by atoms with E-state index in [2.05, 4.69) is 4.40 Å². The molecule has 1 amide bonds. The van der Waals surface area contributed by atoms with E-state index in [1.54, 1.807) is 11.0 Å². The first-order valence-electron chi connectivity index (χ1n) is 10.0. The molecule has 0 N–H and O–H groups in total. The molecule has 0 bridgehead atoms. The fourth-order valence-corrected chi connectivity index (χ4v) is 6.10. The monoisotopic (exact) mass is 459 g/mol. The van der Waals surface area contributed by atoms with Gasteiger partial charge in [-0.3, -0.25) is 4.79 Å². The standard InChI is InChI=1S/C21H21N3O5S2/c1-2-23(12-15-13-28-17-5-3-4-6-18(17)29-15)20(25)14-7-8-16-19(11-14)30-21-22-31(26,27)10-9-24(16)21/h3-8,11,15H,2,9-10,12-13H2,1H3. The third-order valence-electron chi connectivity index (χ3n) is 5.38. The van der Waals surface area contributed by atoms with Crippen LogP contribution in [0.15, 0.2) is 51.8 Å². The smallest absolute Gasteiger partial charge is 0.257 e. The summed E-state index contributed by atoms with van der Waals surface area (Å²) >= 11 is 1.28. The molecule has 0 spiro atoms. The van der Waals surface area contributed by atoms with Crippen LogP contribution < -0.4 is 14.4 Å². The van der Waals surface area contributed by atoms with Crippen molar-refractivity contribution < 1.29 is 22.7 Å². The molecule has 0 fully saturated rings. The van der Waals surface area contributed by atoms with Crippen molar-refractivity contribution in [2.45, 2.75) is 17.9 Å². The van der Waals surface area contributed by atoms with Gasteiger partial charge in [-0.05, 0) is 49.0 Å². The molecular formula is C21H21N3O5S2. The van der Waals surface area contributed by atoms with Crippen molar-refractivity contribution in [3.8, 4) is 11.5 Å².